The first-order valence-corrected chi connectivity index (χ1v) is 5.97. The van der Waals surface area contributed by atoms with Gasteiger partial charge in [-0.25, -0.2) is 5.48 Å². The Morgan fingerprint density at radius 3 is 2.30 bits per heavy atom. The molecular weight excluding hydrogens is 260 g/mol. The van der Waals surface area contributed by atoms with Crippen molar-refractivity contribution in [1.29, 1.82) is 0 Å². The van der Waals surface area contributed by atoms with Crippen molar-refractivity contribution in [2.45, 2.75) is 12.5 Å². The van der Waals surface area contributed by atoms with Crippen molar-refractivity contribution in [2.24, 2.45) is 0 Å². The van der Waals surface area contributed by atoms with Gasteiger partial charge in [0.2, 0.25) is 0 Å². The second-order valence-corrected chi connectivity index (χ2v) is 4.24. The number of nitrogens with one attached hydrogen (secondary N) is 1. The van der Waals surface area contributed by atoms with Gasteiger partial charge >= 0.3 is 0 Å². The molecule has 20 heavy (non-hydrogen) atoms. The molecule has 1 atom stereocenters. The average Bonchev–Trinajstić information content (AvgIpc) is 3.01. The first-order chi connectivity index (χ1) is 9.61. The third-order valence-corrected chi connectivity index (χ3v) is 3.10. The molecule has 7 nitrogen and oxygen atoms in total. The van der Waals surface area contributed by atoms with Crippen LogP contribution in [-0.4, -0.2) is 35.1 Å². The molecule has 0 aliphatic carbocycles. The van der Waals surface area contributed by atoms with Gasteiger partial charge < -0.3 is 4.74 Å². The molecule has 7 heteroatoms. The SMILES string of the molecule is CONC(=O)C(C)(OC)c1ccc(-n2nccn2)cc1. The van der Waals surface area contributed by atoms with E-state index < -0.39 is 5.60 Å². The standard InChI is InChI=1S/C13H16N4O3/c1-13(19-2,12(18)16-20-3)10-4-6-11(7-5-10)17-14-8-9-15-17/h4-9H,1-3H3,(H,16,18). The molecule has 1 amide bonds. The third-order valence-electron chi connectivity index (χ3n) is 3.10. The van der Waals surface area contributed by atoms with Crippen LogP contribution in [-0.2, 0) is 20.0 Å². The number of benzene rings is 1. The summed E-state index contributed by atoms with van der Waals surface area (Å²) in [6.45, 7) is 1.67. The summed E-state index contributed by atoms with van der Waals surface area (Å²) in [6, 6.07) is 7.20. The molecule has 1 aromatic heterocycles. The lowest BCUT2D eigenvalue weighted by Gasteiger charge is -2.26. The molecule has 0 radical (unpaired) electrons. The lowest BCUT2D eigenvalue weighted by molar-refractivity contribution is -0.153. The highest BCUT2D eigenvalue weighted by Crippen LogP contribution is 2.25. The lowest BCUT2D eigenvalue weighted by Crippen LogP contribution is -2.43. The number of nitrogens with zero attached hydrogens (tertiary/aromatic N) is 3. The summed E-state index contributed by atoms with van der Waals surface area (Å²) in [5, 5.41) is 8.08. The minimum absolute atomic E-state index is 0.382. The molecule has 0 aliphatic heterocycles. The number of amides is 1. The minimum Gasteiger partial charge on any atom is -0.364 e. The number of methoxy groups -OCH3 is 1. The predicted molar refractivity (Wildman–Crippen MR) is 70.9 cm³/mol. The van der Waals surface area contributed by atoms with E-state index in [-0.39, 0.29) is 5.91 Å². The number of hydrogen-bond acceptors (Lipinski definition) is 5. The maximum atomic E-state index is 12.0. The first kappa shape index (κ1) is 14.2. The van der Waals surface area contributed by atoms with E-state index in [9.17, 15) is 4.79 Å². The molecule has 1 unspecified atom stereocenters. The molecule has 1 N–H and O–H groups in total. The Bertz CT molecular complexity index is 568. The molecule has 0 saturated carbocycles. The van der Waals surface area contributed by atoms with Crippen molar-refractivity contribution in [3.8, 4) is 5.69 Å². The van der Waals surface area contributed by atoms with E-state index in [1.807, 2.05) is 12.1 Å². The van der Waals surface area contributed by atoms with E-state index in [1.54, 1.807) is 31.5 Å². The second-order valence-electron chi connectivity index (χ2n) is 4.24. The molecule has 106 valence electrons. The number of rotatable bonds is 5. The molecule has 1 aromatic carbocycles. The van der Waals surface area contributed by atoms with Gasteiger partial charge in [-0.2, -0.15) is 15.0 Å². The molecule has 2 rings (SSSR count). The Balaban J connectivity index is 2.30. The number of aromatic nitrogens is 3. The fourth-order valence-corrected chi connectivity index (χ4v) is 1.79. The molecular formula is C13H16N4O3. The van der Waals surface area contributed by atoms with E-state index >= 15 is 0 Å². The van der Waals surface area contributed by atoms with Crippen LogP contribution < -0.4 is 5.48 Å². The van der Waals surface area contributed by atoms with Crippen molar-refractivity contribution in [1.82, 2.24) is 20.5 Å². The normalized spacial score (nSPS) is 13.8. The topological polar surface area (TPSA) is 78.3 Å². The van der Waals surface area contributed by atoms with E-state index in [2.05, 4.69) is 20.5 Å². The fraction of sp³-hybridized carbons (Fsp3) is 0.308. The van der Waals surface area contributed by atoms with Crippen LogP contribution in [0.25, 0.3) is 5.69 Å². The summed E-state index contributed by atoms with van der Waals surface area (Å²) in [7, 11) is 2.85. The summed E-state index contributed by atoms with van der Waals surface area (Å²) < 4.78 is 5.34. The maximum absolute atomic E-state index is 12.0. The van der Waals surface area contributed by atoms with Crippen molar-refractivity contribution in [3.63, 3.8) is 0 Å². The molecule has 1 heterocycles. The average molecular weight is 276 g/mol. The van der Waals surface area contributed by atoms with Crippen LogP contribution in [0.3, 0.4) is 0 Å². The summed E-state index contributed by atoms with van der Waals surface area (Å²) in [6.07, 6.45) is 3.19. The molecule has 0 bridgehead atoms. The van der Waals surface area contributed by atoms with Crippen LogP contribution in [0, 0.1) is 0 Å². The van der Waals surface area contributed by atoms with Crippen molar-refractivity contribution in [3.05, 3.63) is 42.2 Å². The van der Waals surface area contributed by atoms with Crippen LogP contribution in [0.2, 0.25) is 0 Å². The van der Waals surface area contributed by atoms with E-state index in [0.29, 0.717) is 5.56 Å². The van der Waals surface area contributed by atoms with Crippen LogP contribution in [0.4, 0.5) is 0 Å². The Kier molecular flexibility index (Phi) is 4.11. The Labute approximate surface area is 116 Å². The highest BCUT2D eigenvalue weighted by atomic mass is 16.6. The smallest absolute Gasteiger partial charge is 0.280 e. The van der Waals surface area contributed by atoms with E-state index in [4.69, 9.17) is 4.74 Å². The van der Waals surface area contributed by atoms with Crippen molar-refractivity contribution < 1.29 is 14.4 Å². The van der Waals surface area contributed by atoms with Gasteiger partial charge in [0.15, 0.2) is 5.60 Å². The van der Waals surface area contributed by atoms with Gasteiger partial charge in [-0.3, -0.25) is 9.63 Å². The third kappa shape index (κ3) is 2.54. The first-order valence-electron chi connectivity index (χ1n) is 5.97. The zero-order chi connectivity index (χ0) is 14.6. The quantitative estimate of drug-likeness (QED) is 0.817. The monoisotopic (exact) mass is 276 g/mol. The number of hydrogen-bond donors (Lipinski definition) is 1. The summed E-state index contributed by atoms with van der Waals surface area (Å²) in [5.74, 6) is -0.382. The zero-order valence-electron chi connectivity index (χ0n) is 11.5. The minimum atomic E-state index is -1.13. The van der Waals surface area contributed by atoms with Crippen LogP contribution in [0.1, 0.15) is 12.5 Å². The van der Waals surface area contributed by atoms with Crippen molar-refractivity contribution in [2.75, 3.05) is 14.2 Å². The number of carbonyl (C=O) groups is 1. The molecule has 0 spiro atoms. The van der Waals surface area contributed by atoms with Gasteiger partial charge in [-0.05, 0) is 24.6 Å². The lowest BCUT2D eigenvalue weighted by atomic mass is 9.95. The van der Waals surface area contributed by atoms with Crippen molar-refractivity contribution >= 4 is 5.91 Å². The highest BCUT2D eigenvalue weighted by Gasteiger charge is 2.35. The molecule has 0 fully saturated rings. The highest BCUT2D eigenvalue weighted by molar-refractivity contribution is 5.85. The van der Waals surface area contributed by atoms with E-state index in [0.717, 1.165) is 5.69 Å². The van der Waals surface area contributed by atoms with Gasteiger partial charge in [0.25, 0.3) is 5.91 Å². The molecule has 0 aliphatic rings. The van der Waals surface area contributed by atoms with Gasteiger partial charge in [-0.1, -0.05) is 12.1 Å². The van der Waals surface area contributed by atoms with Gasteiger partial charge in [0.05, 0.1) is 25.2 Å². The Morgan fingerprint density at radius 1 is 1.20 bits per heavy atom. The number of ether oxygens (including phenoxy) is 1. The number of carbonyl (C=O) groups excluding carboxylic acids is 1. The largest absolute Gasteiger partial charge is 0.364 e. The van der Waals surface area contributed by atoms with Gasteiger partial charge in [-0.15, -0.1) is 0 Å². The maximum Gasteiger partial charge on any atom is 0.280 e. The fourth-order valence-electron chi connectivity index (χ4n) is 1.79. The Morgan fingerprint density at radius 2 is 1.80 bits per heavy atom. The molecule has 0 saturated heterocycles. The van der Waals surface area contributed by atoms with Gasteiger partial charge in [0, 0.05) is 7.11 Å². The van der Waals surface area contributed by atoms with Crippen LogP contribution in [0.5, 0.6) is 0 Å². The second kappa shape index (κ2) is 5.81. The summed E-state index contributed by atoms with van der Waals surface area (Å²) in [4.78, 5) is 18.2. The number of hydroxylamine groups is 1. The van der Waals surface area contributed by atoms with Gasteiger partial charge in [0.1, 0.15) is 0 Å². The van der Waals surface area contributed by atoms with Crippen LogP contribution in [0.15, 0.2) is 36.7 Å². The summed E-state index contributed by atoms with van der Waals surface area (Å²) in [5.41, 5.74) is 2.65. The predicted octanol–water partition coefficient (Wildman–Crippen LogP) is 0.806. The van der Waals surface area contributed by atoms with E-state index in [1.165, 1.54) is 19.0 Å². The molecule has 2 aromatic rings. The van der Waals surface area contributed by atoms with Crippen LogP contribution >= 0.6 is 0 Å². The zero-order valence-corrected chi connectivity index (χ0v) is 11.5. The Hall–Kier alpha value is -2.25. The summed E-state index contributed by atoms with van der Waals surface area (Å²) >= 11 is 0.